The highest BCUT2D eigenvalue weighted by Crippen LogP contribution is 1.83. The molecule has 0 saturated heterocycles. The van der Waals surface area contributed by atoms with Gasteiger partial charge in [0.2, 0.25) is 5.91 Å². The van der Waals surface area contributed by atoms with E-state index in [-0.39, 0.29) is 18.3 Å². The normalized spacial score (nSPS) is 24.6. The average molecular weight is 158 g/mol. The minimum atomic E-state index is -0.0874. The molecule has 54 valence electrons. The highest BCUT2D eigenvalue weighted by molar-refractivity contribution is 5.88. The second-order valence-corrected chi connectivity index (χ2v) is 1.61. The number of hydrogen-bond donors (Lipinski definition) is 1. The predicted octanol–water partition coefficient (Wildman–Crippen LogP) is 1.16. The number of nitrogens with one attached hydrogen (secondary N) is 1. The first-order chi connectivity index (χ1) is 4.39. The SMILES string of the molecule is Cl.O=C1\C=C/C=C\C=C/N1. The van der Waals surface area contributed by atoms with E-state index in [0.29, 0.717) is 0 Å². The van der Waals surface area contributed by atoms with E-state index in [1.807, 2.05) is 6.08 Å². The van der Waals surface area contributed by atoms with Gasteiger partial charge in [-0.15, -0.1) is 12.4 Å². The fraction of sp³-hybridized carbons (Fsp3) is 0. The summed E-state index contributed by atoms with van der Waals surface area (Å²) in [5.74, 6) is -0.0874. The lowest BCUT2D eigenvalue weighted by Gasteiger charge is -1.91. The van der Waals surface area contributed by atoms with E-state index in [2.05, 4.69) is 5.32 Å². The summed E-state index contributed by atoms with van der Waals surface area (Å²) < 4.78 is 0. The largest absolute Gasteiger partial charge is 0.329 e. The van der Waals surface area contributed by atoms with Crippen LogP contribution in [-0.2, 0) is 4.79 Å². The maximum atomic E-state index is 10.6. The summed E-state index contributed by atoms with van der Waals surface area (Å²) in [6, 6.07) is 0. The van der Waals surface area contributed by atoms with Crippen LogP contribution in [0, 0.1) is 0 Å². The summed E-state index contributed by atoms with van der Waals surface area (Å²) in [6.45, 7) is 0. The van der Waals surface area contributed by atoms with Crippen molar-refractivity contribution in [1.29, 1.82) is 0 Å². The van der Waals surface area contributed by atoms with Crippen molar-refractivity contribution in [2.75, 3.05) is 0 Å². The second kappa shape index (κ2) is 4.82. The fourth-order valence-corrected chi connectivity index (χ4v) is 0.505. The van der Waals surface area contributed by atoms with Crippen LogP contribution in [0.5, 0.6) is 0 Å². The van der Waals surface area contributed by atoms with Crippen molar-refractivity contribution >= 4 is 18.3 Å². The van der Waals surface area contributed by atoms with Gasteiger partial charge in [0.05, 0.1) is 0 Å². The summed E-state index contributed by atoms with van der Waals surface area (Å²) in [5, 5.41) is 2.53. The molecule has 1 aliphatic heterocycles. The first-order valence-electron chi connectivity index (χ1n) is 2.70. The van der Waals surface area contributed by atoms with Crippen LogP contribution in [0.4, 0.5) is 0 Å². The van der Waals surface area contributed by atoms with Crippen molar-refractivity contribution < 1.29 is 4.79 Å². The Morgan fingerprint density at radius 3 is 2.60 bits per heavy atom. The molecule has 1 N–H and O–H groups in total. The Kier molecular flexibility index (Phi) is 4.33. The van der Waals surface area contributed by atoms with Gasteiger partial charge in [-0.1, -0.05) is 18.2 Å². The molecule has 0 aromatic rings. The molecule has 1 rings (SSSR count). The van der Waals surface area contributed by atoms with E-state index in [1.54, 1.807) is 24.4 Å². The molecule has 0 unspecified atom stereocenters. The van der Waals surface area contributed by atoms with Crippen molar-refractivity contribution in [1.82, 2.24) is 5.32 Å². The minimum Gasteiger partial charge on any atom is -0.329 e. The molecular formula is C7H8ClNO. The number of halogens is 1. The van der Waals surface area contributed by atoms with Gasteiger partial charge in [0, 0.05) is 12.3 Å². The van der Waals surface area contributed by atoms with Gasteiger partial charge in [-0.05, 0) is 6.08 Å². The molecule has 0 bridgehead atoms. The van der Waals surface area contributed by atoms with Crippen LogP contribution in [0.3, 0.4) is 0 Å². The Hall–Kier alpha value is -1.02. The number of rotatable bonds is 0. The Bertz CT molecular complexity index is 194. The highest BCUT2D eigenvalue weighted by Gasteiger charge is 1.87. The maximum Gasteiger partial charge on any atom is 0.247 e. The molecule has 0 spiro atoms. The third kappa shape index (κ3) is 3.10. The number of hydrogen-bond acceptors (Lipinski definition) is 1. The van der Waals surface area contributed by atoms with Crippen molar-refractivity contribution in [3.63, 3.8) is 0 Å². The minimum absolute atomic E-state index is 0. The van der Waals surface area contributed by atoms with Crippen LogP contribution >= 0.6 is 12.4 Å². The van der Waals surface area contributed by atoms with E-state index in [4.69, 9.17) is 0 Å². The van der Waals surface area contributed by atoms with Crippen LogP contribution in [-0.4, -0.2) is 5.91 Å². The molecule has 1 heterocycles. The molecule has 2 nitrogen and oxygen atoms in total. The monoisotopic (exact) mass is 157 g/mol. The van der Waals surface area contributed by atoms with Crippen molar-refractivity contribution in [3.05, 3.63) is 36.6 Å². The number of allylic oxidation sites excluding steroid dienone is 4. The Balaban J connectivity index is 0.000000810. The molecule has 0 aromatic heterocycles. The Labute approximate surface area is 65.7 Å². The van der Waals surface area contributed by atoms with Crippen molar-refractivity contribution in [2.24, 2.45) is 0 Å². The predicted molar refractivity (Wildman–Crippen MR) is 42.8 cm³/mol. The standard InChI is InChI=1S/C7H7NO.ClH/c9-7-5-3-1-2-4-6-8-7;/h1-6H,(H,8,9);1H. The Morgan fingerprint density at radius 2 is 1.80 bits per heavy atom. The first kappa shape index (κ1) is 8.98. The van der Waals surface area contributed by atoms with Gasteiger partial charge in [0.15, 0.2) is 0 Å². The molecule has 0 atom stereocenters. The first-order valence-corrected chi connectivity index (χ1v) is 2.70. The number of carbonyl (C=O) groups excluding carboxylic acids is 1. The quantitative estimate of drug-likeness (QED) is 0.562. The molecule has 0 radical (unpaired) electrons. The third-order valence-electron chi connectivity index (χ3n) is 0.903. The maximum absolute atomic E-state index is 10.6. The molecule has 0 aliphatic carbocycles. The topological polar surface area (TPSA) is 29.1 Å². The van der Waals surface area contributed by atoms with Crippen LogP contribution < -0.4 is 5.32 Å². The van der Waals surface area contributed by atoms with E-state index in [1.165, 1.54) is 6.08 Å². The van der Waals surface area contributed by atoms with Gasteiger partial charge in [-0.3, -0.25) is 4.79 Å². The highest BCUT2D eigenvalue weighted by atomic mass is 35.5. The zero-order chi connectivity index (χ0) is 6.53. The fourth-order valence-electron chi connectivity index (χ4n) is 0.505. The molecule has 0 aromatic carbocycles. The van der Waals surface area contributed by atoms with E-state index >= 15 is 0 Å². The van der Waals surface area contributed by atoms with Gasteiger partial charge in [-0.2, -0.15) is 0 Å². The molecule has 3 heteroatoms. The van der Waals surface area contributed by atoms with Gasteiger partial charge in [0.1, 0.15) is 0 Å². The zero-order valence-electron chi connectivity index (χ0n) is 5.28. The summed E-state index contributed by atoms with van der Waals surface area (Å²) in [6.07, 6.45) is 10.2. The molecule has 10 heavy (non-hydrogen) atoms. The summed E-state index contributed by atoms with van der Waals surface area (Å²) >= 11 is 0. The molecule has 1 aliphatic rings. The third-order valence-corrected chi connectivity index (χ3v) is 0.903. The van der Waals surface area contributed by atoms with Gasteiger partial charge < -0.3 is 5.32 Å². The molecular weight excluding hydrogens is 150 g/mol. The number of amides is 1. The second-order valence-electron chi connectivity index (χ2n) is 1.61. The summed E-state index contributed by atoms with van der Waals surface area (Å²) in [5.41, 5.74) is 0. The van der Waals surface area contributed by atoms with Gasteiger partial charge in [0.25, 0.3) is 0 Å². The summed E-state index contributed by atoms with van der Waals surface area (Å²) in [7, 11) is 0. The number of carbonyl (C=O) groups is 1. The van der Waals surface area contributed by atoms with Crippen molar-refractivity contribution in [2.45, 2.75) is 0 Å². The molecule has 1 amide bonds. The molecule has 0 saturated carbocycles. The van der Waals surface area contributed by atoms with E-state index < -0.39 is 0 Å². The lowest BCUT2D eigenvalue weighted by Crippen LogP contribution is -2.13. The van der Waals surface area contributed by atoms with Crippen LogP contribution in [0.15, 0.2) is 36.6 Å². The van der Waals surface area contributed by atoms with E-state index in [9.17, 15) is 4.79 Å². The summed E-state index contributed by atoms with van der Waals surface area (Å²) in [4.78, 5) is 10.6. The Morgan fingerprint density at radius 1 is 1.10 bits per heavy atom. The van der Waals surface area contributed by atoms with Gasteiger partial charge >= 0.3 is 0 Å². The lowest BCUT2D eigenvalue weighted by atomic mass is 10.4. The van der Waals surface area contributed by atoms with Gasteiger partial charge in [-0.25, -0.2) is 0 Å². The lowest BCUT2D eigenvalue weighted by molar-refractivity contribution is -0.115. The smallest absolute Gasteiger partial charge is 0.247 e. The van der Waals surface area contributed by atoms with Crippen LogP contribution in [0.25, 0.3) is 0 Å². The van der Waals surface area contributed by atoms with E-state index in [0.717, 1.165) is 0 Å². The average Bonchev–Trinajstić information content (AvgIpc) is 1.79. The van der Waals surface area contributed by atoms with Crippen molar-refractivity contribution in [3.8, 4) is 0 Å². The van der Waals surface area contributed by atoms with Crippen LogP contribution in [0.2, 0.25) is 0 Å². The molecule has 0 fully saturated rings. The zero-order valence-corrected chi connectivity index (χ0v) is 6.10. The van der Waals surface area contributed by atoms with Crippen LogP contribution in [0.1, 0.15) is 0 Å².